The van der Waals surface area contributed by atoms with Crippen molar-refractivity contribution in [3.63, 3.8) is 0 Å². The third-order valence-electron chi connectivity index (χ3n) is 2.69. The van der Waals surface area contributed by atoms with Crippen LogP contribution >= 0.6 is 0 Å². The van der Waals surface area contributed by atoms with Gasteiger partial charge in [-0.2, -0.15) is 0 Å². The zero-order valence-electron chi connectivity index (χ0n) is 9.86. The summed E-state index contributed by atoms with van der Waals surface area (Å²) in [5, 5.41) is 0. The van der Waals surface area contributed by atoms with E-state index >= 15 is 0 Å². The van der Waals surface area contributed by atoms with Crippen molar-refractivity contribution in [2.24, 2.45) is 0 Å². The first-order valence-corrected chi connectivity index (χ1v) is 5.68. The van der Waals surface area contributed by atoms with Crippen LogP contribution in [0.5, 0.6) is 0 Å². The third kappa shape index (κ3) is 3.80. The minimum absolute atomic E-state index is 0.134. The molecule has 0 amide bonds. The highest BCUT2D eigenvalue weighted by Crippen LogP contribution is 2.13. The van der Waals surface area contributed by atoms with E-state index in [2.05, 4.69) is 11.8 Å². The quantitative estimate of drug-likeness (QED) is 0.657. The molecule has 2 atom stereocenters. The summed E-state index contributed by atoms with van der Waals surface area (Å²) >= 11 is 0. The van der Waals surface area contributed by atoms with Crippen LogP contribution in [-0.4, -0.2) is 49.3 Å². The molecule has 0 bridgehead atoms. The van der Waals surface area contributed by atoms with Crippen molar-refractivity contribution < 1.29 is 14.3 Å². The summed E-state index contributed by atoms with van der Waals surface area (Å²) in [7, 11) is 0. The maximum Gasteiger partial charge on any atom is 0.320 e. The number of hydrogen-bond donors (Lipinski definition) is 0. The molecule has 1 heterocycles. The van der Waals surface area contributed by atoms with E-state index in [1.807, 2.05) is 13.8 Å². The summed E-state index contributed by atoms with van der Waals surface area (Å²) in [5.41, 5.74) is 0. The van der Waals surface area contributed by atoms with E-state index in [-0.39, 0.29) is 12.1 Å². The fourth-order valence-electron chi connectivity index (χ4n) is 1.85. The first-order chi connectivity index (χ1) is 7.17. The van der Waals surface area contributed by atoms with Crippen molar-refractivity contribution in [3.8, 4) is 0 Å². The molecule has 15 heavy (non-hydrogen) atoms. The van der Waals surface area contributed by atoms with Crippen molar-refractivity contribution >= 4 is 5.97 Å². The molecule has 1 aliphatic heterocycles. The molecular formula is C11H21NO3. The maximum atomic E-state index is 11.4. The minimum atomic E-state index is -0.134. The van der Waals surface area contributed by atoms with Gasteiger partial charge in [-0.05, 0) is 20.3 Å². The van der Waals surface area contributed by atoms with Gasteiger partial charge in [0, 0.05) is 12.6 Å². The Morgan fingerprint density at radius 2 is 2.27 bits per heavy atom. The summed E-state index contributed by atoms with van der Waals surface area (Å²) in [6.45, 7) is 8.35. The molecule has 0 N–H and O–H groups in total. The summed E-state index contributed by atoms with van der Waals surface area (Å²) in [4.78, 5) is 13.5. The monoisotopic (exact) mass is 215 g/mol. The second kappa shape index (κ2) is 6.08. The Morgan fingerprint density at radius 3 is 2.87 bits per heavy atom. The Balaban J connectivity index is 2.44. The van der Waals surface area contributed by atoms with Crippen LogP contribution in [-0.2, 0) is 14.3 Å². The molecule has 0 spiro atoms. The van der Waals surface area contributed by atoms with Gasteiger partial charge in [0.25, 0.3) is 0 Å². The molecule has 0 aliphatic carbocycles. The smallest absolute Gasteiger partial charge is 0.320 e. The van der Waals surface area contributed by atoms with Crippen molar-refractivity contribution in [2.75, 3.05) is 26.3 Å². The van der Waals surface area contributed by atoms with Crippen LogP contribution in [0, 0.1) is 0 Å². The Kier molecular flexibility index (Phi) is 5.05. The second-order valence-corrected chi connectivity index (χ2v) is 3.94. The molecular weight excluding hydrogens is 194 g/mol. The van der Waals surface area contributed by atoms with Gasteiger partial charge in [0.1, 0.15) is 0 Å². The summed E-state index contributed by atoms with van der Waals surface area (Å²) < 4.78 is 10.5. The van der Waals surface area contributed by atoms with Gasteiger partial charge in [-0.25, -0.2) is 0 Å². The molecule has 4 nitrogen and oxygen atoms in total. The maximum absolute atomic E-state index is 11.4. The second-order valence-electron chi connectivity index (χ2n) is 3.94. The molecule has 1 fully saturated rings. The van der Waals surface area contributed by atoms with Crippen molar-refractivity contribution in [1.82, 2.24) is 4.90 Å². The van der Waals surface area contributed by atoms with E-state index in [0.29, 0.717) is 19.2 Å². The van der Waals surface area contributed by atoms with Gasteiger partial charge in [-0.3, -0.25) is 9.69 Å². The van der Waals surface area contributed by atoms with Crippen molar-refractivity contribution in [2.45, 2.75) is 39.3 Å². The van der Waals surface area contributed by atoms with Crippen LogP contribution in [0.4, 0.5) is 0 Å². The van der Waals surface area contributed by atoms with Crippen LogP contribution in [0.25, 0.3) is 0 Å². The zero-order chi connectivity index (χ0) is 11.3. The topological polar surface area (TPSA) is 38.8 Å². The lowest BCUT2D eigenvalue weighted by atomic mass is 10.1. The average Bonchev–Trinajstić information content (AvgIpc) is 2.18. The van der Waals surface area contributed by atoms with Gasteiger partial charge < -0.3 is 9.47 Å². The largest absolute Gasteiger partial charge is 0.465 e. The van der Waals surface area contributed by atoms with E-state index in [1.54, 1.807) is 0 Å². The minimum Gasteiger partial charge on any atom is -0.465 e. The molecule has 0 saturated carbocycles. The van der Waals surface area contributed by atoms with E-state index in [1.165, 1.54) is 0 Å². The van der Waals surface area contributed by atoms with Gasteiger partial charge in [-0.1, -0.05) is 6.92 Å². The number of esters is 1. The summed E-state index contributed by atoms with van der Waals surface area (Å²) in [5.74, 6) is -0.134. The number of nitrogens with zero attached hydrogens (tertiary/aromatic N) is 1. The fourth-order valence-corrected chi connectivity index (χ4v) is 1.85. The molecule has 88 valence electrons. The lowest BCUT2D eigenvalue weighted by molar-refractivity contribution is -0.148. The van der Waals surface area contributed by atoms with Crippen LogP contribution in [0.1, 0.15) is 27.2 Å². The van der Waals surface area contributed by atoms with Gasteiger partial charge in [0.15, 0.2) is 0 Å². The normalized spacial score (nSPS) is 27.7. The molecule has 2 unspecified atom stereocenters. The SMILES string of the molecule is CCOC(=O)CN1CC(C)OCC1CC. The van der Waals surface area contributed by atoms with Crippen LogP contribution in [0.3, 0.4) is 0 Å². The van der Waals surface area contributed by atoms with Gasteiger partial charge in [0.2, 0.25) is 0 Å². The zero-order valence-corrected chi connectivity index (χ0v) is 9.86. The summed E-state index contributed by atoms with van der Waals surface area (Å²) in [6.07, 6.45) is 1.22. The first kappa shape index (κ1) is 12.5. The van der Waals surface area contributed by atoms with Gasteiger partial charge in [-0.15, -0.1) is 0 Å². The lowest BCUT2D eigenvalue weighted by Crippen LogP contribution is -2.50. The molecule has 1 rings (SSSR count). The Morgan fingerprint density at radius 1 is 1.53 bits per heavy atom. The molecule has 0 radical (unpaired) electrons. The van der Waals surface area contributed by atoms with E-state index < -0.39 is 0 Å². The molecule has 0 aromatic heterocycles. The molecule has 4 heteroatoms. The van der Waals surface area contributed by atoms with E-state index in [4.69, 9.17) is 9.47 Å². The highest BCUT2D eigenvalue weighted by atomic mass is 16.5. The van der Waals surface area contributed by atoms with Gasteiger partial charge in [0.05, 0.1) is 25.9 Å². The van der Waals surface area contributed by atoms with Crippen molar-refractivity contribution in [1.29, 1.82) is 0 Å². The predicted molar refractivity (Wildman–Crippen MR) is 57.7 cm³/mol. The Labute approximate surface area is 91.5 Å². The number of hydrogen-bond acceptors (Lipinski definition) is 4. The number of carbonyl (C=O) groups excluding carboxylic acids is 1. The Bertz CT molecular complexity index is 208. The van der Waals surface area contributed by atoms with Crippen LogP contribution in [0.2, 0.25) is 0 Å². The van der Waals surface area contributed by atoms with Crippen LogP contribution in [0.15, 0.2) is 0 Å². The highest BCUT2D eigenvalue weighted by molar-refractivity contribution is 5.71. The molecule has 1 saturated heterocycles. The Hall–Kier alpha value is -0.610. The van der Waals surface area contributed by atoms with Gasteiger partial charge >= 0.3 is 5.97 Å². The number of carbonyl (C=O) groups is 1. The first-order valence-electron chi connectivity index (χ1n) is 5.68. The summed E-state index contributed by atoms with van der Waals surface area (Å²) in [6, 6.07) is 0.352. The lowest BCUT2D eigenvalue weighted by Gasteiger charge is -2.37. The predicted octanol–water partition coefficient (Wildman–Crippen LogP) is 1.05. The fraction of sp³-hybridized carbons (Fsp3) is 0.909. The molecule has 1 aliphatic rings. The standard InChI is InChI=1S/C11H21NO3/c1-4-10-8-15-9(3)6-12(10)7-11(13)14-5-2/h9-10H,4-8H2,1-3H3. The highest BCUT2D eigenvalue weighted by Gasteiger charge is 2.27. The van der Waals surface area contributed by atoms with E-state index in [9.17, 15) is 4.79 Å². The molecule has 0 aromatic carbocycles. The number of ether oxygens (including phenoxy) is 2. The van der Waals surface area contributed by atoms with Crippen molar-refractivity contribution in [3.05, 3.63) is 0 Å². The third-order valence-corrected chi connectivity index (χ3v) is 2.69. The van der Waals surface area contributed by atoms with Crippen LogP contribution < -0.4 is 0 Å². The van der Waals surface area contributed by atoms with E-state index in [0.717, 1.165) is 19.6 Å². The average molecular weight is 215 g/mol. The number of morpholine rings is 1. The number of rotatable bonds is 4. The molecule has 0 aromatic rings.